The summed E-state index contributed by atoms with van der Waals surface area (Å²) >= 11 is 6.20. The quantitative estimate of drug-likeness (QED) is 0.873. The van der Waals surface area contributed by atoms with Crippen molar-refractivity contribution < 1.29 is 5.11 Å². The van der Waals surface area contributed by atoms with Crippen LogP contribution in [0, 0.1) is 5.92 Å². The van der Waals surface area contributed by atoms with Crippen LogP contribution >= 0.6 is 11.6 Å². The fourth-order valence-corrected chi connectivity index (χ4v) is 2.07. The van der Waals surface area contributed by atoms with Crippen LogP contribution in [-0.4, -0.2) is 18.7 Å². The predicted octanol–water partition coefficient (Wildman–Crippen LogP) is 3.49. The average Bonchev–Trinajstić information content (AvgIpc) is 2.15. The lowest BCUT2D eigenvalue weighted by Gasteiger charge is -2.23. The van der Waals surface area contributed by atoms with Gasteiger partial charge in [-0.05, 0) is 30.5 Å². The third-order valence-corrected chi connectivity index (χ3v) is 2.81. The van der Waals surface area contributed by atoms with E-state index in [0.717, 1.165) is 17.8 Å². The first-order chi connectivity index (χ1) is 7.41. The van der Waals surface area contributed by atoms with Gasteiger partial charge in [-0.1, -0.05) is 31.5 Å². The Morgan fingerprint density at radius 1 is 1.31 bits per heavy atom. The molecule has 1 atom stereocenters. The van der Waals surface area contributed by atoms with Gasteiger partial charge in [0.1, 0.15) is 0 Å². The zero-order valence-electron chi connectivity index (χ0n) is 10.4. The number of hydrogen-bond donors (Lipinski definition) is 1. The summed E-state index contributed by atoms with van der Waals surface area (Å²) in [6, 6.07) is 5.72. The molecule has 2 nitrogen and oxygen atoms in total. The highest BCUT2D eigenvalue weighted by atomic mass is 35.5. The third-order valence-electron chi connectivity index (χ3n) is 2.50. The standard InChI is InChI=1S/C13H20ClNO/c1-9(2)8-15(4)13-6-5-11(10(3)16)7-12(13)14/h5-7,9-10,16H,8H2,1-4H3/t10-/m0/s1. The molecule has 0 spiro atoms. The summed E-state index contributed by atoms with van der Waals surface area (Å²) in [5.41, 5.74) is 1.87. The second-order valence-corrected chi connectivity index (χ2v) is 5.07. The molecule has 0 fully saturated rings. The van der Waals surface area contributed by atoms with Crippen LogP contribution in [-0.2, 0) is 0 Å². The van der Waals surface area contributed by atoms with Crippen molar-refractivity contribution in [3.8, 4) is 0 Å². The monoisotopic (exact) mass is 241 g/mol. The summed E-state index contributed by atoms with van der Waals surface area (Å²) < 4.78 is 0. The summed E-state index contributed by atoms with van der Waals surface area (Å²) in [6.45, 7) is 7.06. The Kier molecular flexibility index (Phi) is 4.63. The van der Waals surface area contributed by atoms with Crippen LogP contribution in [0.1, 0.15) is 32.4 Å². The van der Waals surface area contributed by atoms with Crippen molar-refractivity contribution in [3.63, 3.8) is 0 Å². The highest BCUT2D eigenvalue weighted by Crippen LogP contribution is 2.28. The van der Waals surface area contributed by atoms with E-state index in [4.69, 9.17) is 11.6 Å². The highest BCUT2D eigenvalue weighted by molar-refractivity contribution is 6.33. The fourth-order valence-electron chi connectivity index (χ4n) is 1.74. The molecular weight excluding hydrogens is 222 g/mol. The topological polar surface area (TPSA) is 23.5 Å². The van der Waals surface area contributed by atoms with Gasteiger partial charge >= 0.3 is 0 Å². The Morgan fingerprint density at radius 3 is 2.38 bits per heavy atom. The molecule has 0 aliphatic carbocycles. The molecule has 1 aromatic rings. The zero-order chi connectivity index (χ0) is 12.3. The third kappa shape index (κ3) is 3.39. The lowest BCUT2D eigenvalue weighted by molar-refractivity contribution is 0.199. The molecule has 1 N–H and O–H groups in total. The molecule has 0 aliphatic rings. The van der Waals surface area contributed by atoms with Gasteiger partial charge in [-0.15, -0.1) is 0 Å². The van der Waals surface area contributed by atoms with Gasteiger partial charge in [0, 0.05) is 13.6 Å². The van der Waals surface area contributed by atoms with Gasteiger partial charge in [-0.25, -0.2) is 0 Å². The van der Waals surface area contributed by atoms with Gasteiger partial charge in [-0.2, -0.15) is 0 Å². The van der Waals surface area contributed by atoms with Crippen molar-refractivity contribution in [1.29, 1.82) is 0 Å². The Bertz CT molecular complexity index is 350. The average molecular weight is 242 g/mol. The summed E-state index contributed by atoms with van der Waals surface area (Å²) in [5, 5.41) is 10.1. The number of benzene rings is 1. The molecule has 0 aliphatic heterocycles. The fraction of sp³-hybridized carbons (Fsp3) is 0.538. The van der Waals surface area contributed by atoms with E-state index in [1.807, 2.05) is 25.2 Å². The van der Waals surface area contributed by atoms with Gasteiger partial charge < -0.3 is 10.0 Å². The van der Waals surface area contributed by atoms with E-state index in [1.165, 1.54) is 0 Å². The first-order valence-electron chi connectivity index (χ1n) is 5.60. The zero-order valence-corrected chi connectivity index (χ0v) is 11.1. The van der Waals surface area contributed by atoms with E-state index in [2.05, 4.69) is 18.7 Å². The minimum atomic E-state index is -0.470. The van der Waals surface area contributed by atoms with Gasteiger partial charge in [0.2, 0.25) is 0 Å². The number of rotatable bonds is 4. The van der Waals surface area contributed by atoms with E-state index >= 15 is 0 Å². The molecule has 0 amide bonds. The van der Waals surface area contributed by atoms with Crippen molar-refractivity contribution in [3.05, 3.63) is 28.8 Å². The molecule has 0 saturated heterocycles. The number of aliphatic hydroxyl groups excluding tert-OH is 1. The molecule has 0 heterocycles. The van der Waals surface area contributed by atoms with Crippen molar-refractivity contribution in [2.45, 2.75) is 26.9 Å². The molecule has 90 valence electrons. The SMILES string of the molecule is CC(C)CN(C)c1ccc([C@H](C)O)cc1Cl. The van der Waals surface area contributed by atoms with E-state index in [-0.39, 0.29) is 0 Å². The van der Waals surface area contributed by atoms with E-state index in [0.29, 0.717) is 10.9 Å². The Balaban J connectivity index is 2.90. The second kappa shape index (κ2) is 5.55. The summed E-state index contributed by atoms with van der Waals surface area (Å²) in [6.07, 6.45) is -0.470. The molecule has 0 saturated carbocycles. The van der Waals surface area contributed by atoms with E-state index < -0.39 is 6.10 Å². The normalized spacial score (nSPS) is 12.9. The summed E-state index contributed by atoms with van der Waals surface area (Å²) in [4.78, 5) is 2.14. The molecule has 1 aromatic carbocycles. The predicted molar refractivity (Wildman–Crippen MR) is 70.2 cm³/mol. The van der Waals surface area contributed by atoms with Gasteiger partial charge in [-0.3, -0.25) is 0 Å². The first-order valence-corrected chi connectivity index (χ1v) is 5.98. The number of anilines is 1. The number of nitrogens with zero attached hydrogens (tertiary/aromatic N) is 1. The lowest BCUT2D eigenvalue weighted by atomic mass is 10.1. The van der Waals surface area contributed by atoms with Crippen LogP contribution in [0.2, 0.25) is 5.02 Å². The van der Waals surface area contributed by atoms with E-state index in [9.17, 15) is 5.11 Å². The van der Waals surface area contributed by atoms with Gasteiger partial charge in [0.05, 0.1) is 16.8 Å². The van der Waals surface area contributed by atoms with Crippen molar-refractivity contribution in [2.75, 3.05) is 18.5 Å². The van der Waals surface area contributed by atoms with Crippen LogP contribution in [0.15, 0.2) is 18.2 Å². The van der Waals surface area contributed by atoms with Crippen molar-refractivity contribution in [2.24, 2.45) is 5.92 Å². The van der Waals surface area contributed by atoms with Crippen LogP contribution in [0.3, 0.4) is 0 Å². The Labute approximate surface area is 103 Å². The minimum Gasteiger partial charge on any atom is -0.389 e. The molecule has 3 heteroatoms. The molecule has 0 radical (unpaired) electrons. The first kappa shape index (κ1) is 13.3. The van der Waals surface area contributed by atoms with Gasteiger partial charge in [0.15, 0.2) is 0 Å². The van der Waals surface area contributed by atoms with Crippen LogP contribution in [0.25, 0.3) is 0 Å². The largest absolute Gasteiger partial charge is 0.389 e. The smallest absolute Gasteiger partial charge is 0.0762 e. The highest BCUT2D eigenvalue weighted by Gasteiger charge is 2.10. The summed E-state index contributed by atoms with van der Waals surface area (Å²) in [5.74, 6) is 0.595. The summed E-state index contributed by atoms with van der Waals surface area (Å²) in [7, 11) is 2.03. The second-order valence-electron chi connectivity index (χ2n) is 4.66. The lowest BCUT2D eigenvalue weighted by Crippen LogP contribution is -2.22. The van der Waals surface area contributed by atoms with E-state index in [1.54, 1.807) is 6.92 Å². The molecule has 0 aromatic heterocycles. The molecular formula is C13H20ClNO. The van der Waals surface area contributed by atoms with Crippen LogP contribution in [0.4, 0.5) is 5.69 Å². The maximum Gasteiger partial charge on any atom is 0.0762 e. The van der Waals surface area contributed by atoms with Gasteiger partial charge in [0.25, 0.3) is 0 Å². The Hall–Kier alpha value is -0.730. The van der Waals surface area contributed by atoms with Crippen molar-refractivity contribution >= 4 is 17.3 Å². The molecule has 16 heavy (non-hydrogen) atoms. The molecule has 0 bridgehead atoms. The van der Waals surface area contributed by atoms with Crippen LogP contribution < -0.4 is 4.90 Å². The van der Waals surface area contributed by atoms with Crippen molar-refractivity contribution in [1.82, 2.24) is 0 Å². The van der Waals surface area contributed by atoms with Crippen LogP contribution in [0.5, 0.6) is 0 Å². The molecule has 0 unspecified atom stereocenters. The number of hydrogen-bond acceptors (Lipinski definition) is 2. The maximum absolute atomic E-state index is 9.45. The molecule has 1 rings (SSSR count). The number of aliphatic hydroxyl groups is 1. The Morgan fingerprint density at radius 2 is 1.94 bits per heavy atom. The number of halogens is 1. The minimum absolute atomic E-state index is 0.470. The maximum atomic E-state index is 9.45.